The molecular weight excluding hydrogens is 228 g/mol. The predicted molar refractivity (Wildman–Crippen MR) is 73.2 cm³/mol. The number of carbonyl (C=O) groups is 1. The molecule has 1 aromatic heterocycles. The van der Waals surface area contributed by atoms with E-state index in [4.69, 9.17) is 0 Å². The van der Waals surface area contributed by atoms with Gasteiger partial charge in [-0.3, -0.25) is 4.98 Å². The summed E-state index contributed by atoms with van der Waals surface area (Å²) >= 11 is 0. The van der Waals surface area contributed by atoms with E-state index in [1.807, 2.05) is 0 Å². The maximum Gasteiger partial charge on any atom is 0.339 e. The lowest BCUT2D eigenvalue weighted by Crippen LogP contribution is -2.27. The monoisotopic (exact) mass is 250 g/mol. The molecule has 0 aromatic carbocycles. The zero-order chi connectivity index (χ0) is 13.4. The van der Waals surface area contributed by atoms with Crippen LogP contribution >= 0.6 is 0 Å². The number of carboxylic acid groups (broad SMARTS) is 1. The Morgan fingerprint density at radius 1 is 1.28 bits per heavy atom. The summed E-state index contributed by atoms with van der Waals surface area (Å²) in [6.45, 7) is 6.09. The summed E-state index contributed by atoms with van der Waals surface area (Å²) in [5.74, 6) is -0.906. The first-order valence-electron chi connectivity index (χ1n) is 6.63. The first-order chi connectivity index (χ1) is 8.70. The Labute approximate surface area is 109 Å². The molecule has 1 heterocycles. The summed E-state index contributed by atoms with van der Waals surface area (Å²) in [5.41, 5.74) is 1.09. The average Bonchev–Trinajstić information content (AvgIpc) is 2.39. The number of unbranched alkanes of at least 4 members (excludes halogenated alkanes) is 2. The quantitative estimate of drug-likeness (QED) is 0.770. The van der Waals surface area contributed by atoms with Gasteiger partial charge < -0.3 is 10.0 Å². The number of pyridine rings is 1. The van der Waals surface area contributed by atoms with Crippen molar-refractivity contribution in [3.05, 3.63) is 24.0 Å². The fourth-order valence-corrected chi connectivity index (χ4v) is 1.88. The third-order valence-electron chi connectivity index (χ3n) is 2.93. The molecular formula is C14H22N2O2. The van der Waals surface area contributed by atoms with Crippen LogP contribution in [0.15, 0.2) is 18.5 Å². The van der Waals surface area contributed by atoms with Crippen molar-refractivity contribution in [1.29, 1.82) is 0 Å². The first kappa shape index (κ1) is 14.5. The maximum absolute atomic E-state index is 11.2. The molecule has 0 saturated heterocycles. The molecule has 0 unspecified atom stereocenters. The third kappa shape index (κ3) is 4.02. The number of hydrogen-bond donors (Lipinski definition) is 1. The summed E-state index contributed by atoms with van der Waals surface area (Å²) in [6.07, 6.45) is 7.46. The van der Waals surface area contributed by atoms with Gasteiger partial charge in [-0.15, -0.1) is 0 Å². The zero-order valence-corrected chi connectivity index (χ0v) is 11.2. The lowest BCUT2D eigenvalue weighted by Gasteiger charge is -2.25. The van der Waals surface area contributed by atoms with Gasteiger partial charge in [0.2, 0.25) is 0 Å². The molecule has 0 bridgehead atoms. The molecule has 0 radical (unpaired) electrons. The van der Waals surface area contributed by atoms with E-state index in [1.165, 1.54) is 6.20 Å². The largest absolute Gasteiger partial charge is 0.478 e. The maximum atomic E-state index is 11.2. The Kier molecular flexibility index (Phi) is 6.19. The van der Waals surface area contributed by atoms with Crippen LogP contribution in [-0.2, 0) is 0 Å². The van der Waals surface area contributed by atoms with Crippen molar-refractivity contribution in [3.8, 4) is 0 Å². The second-order valence-corrected chi connectivity index (χ2v) is 4.39. The van der Waals surface area contributed by atoms with Crippen molar-refractivity contribution in [3.63, 3.8) is 0 Å². The van der Waals surface area contributed by atoms with Gasteiger partial charge in [0.05, 0.1) is 5.69 Å². The zero-order valence-electron chi connectivity index (χ0n) is 11.2. The van der Waals surface area contributed by atoms with Crippen LogP contribution in [0, 0.1) is 0 Å². The van der Waals surface area contributed by atoms with E-state index in [0.717, 1.165) is 44.5 Å². The molecule has 0 amide bonds. The Morgan fingerprint density at radius 2 is 1.89 bits per heavy atom. The Balaban J connectivity index is 2.92. The van der Waals surface area contributed by atoms with E-state index in [0.29, 0.717) is 5.56 Å². The molecule has 0 aliphatic carbocycles. The molecule has 0 aliphatic heterocycles. The average molecular weight is 250 g/mol. The lowest BCUT2D eigenvalue weighted by atomic mass is 10.2. The minimum absolute atomic E-state index is 0.296. The van der Waals surface area contributed by atoms with Crippen LogP contribution in [0.2, 0.25) is 0 Å². The van der Waals surface area contributed by atoms with E-state index in [2.05, 4.69) is 23.7 Å². The van der Waals surface area contributed by atoms with E-state index in [1.54, 1.807) is 12.3 Å². The molecule has 1 aromatic rings. The highest BCUT2D eigenvalue weighted by molar-refractivity contribution is 5.94. The van der Waals surface area contributed by atoms with Gasteiger partial charge in [-0.25, -0.2) is 4.79 Å². The van der Waals surface area contributed by atoms with Gasteiger partial charge in [-0.1, -0.05) is 26.7 Å². The van der Waals surface area contributed by atoms with Crippen molar-refractivity contribution in [1.82, 2.24) is 4.98 Å². The molecule has 0 atom stereocenters. The van der Waals surface area contributed by atoms with Crippen molar-refractivity contribution in [2.45, 2.75) is 39.5 Å². The number of carboxylic acids is 1. The molecule has 4 heteroatoms. The van der Waals surface area contributed by atoms with Crippen LogP contribution in [-0.4, -0.2) is 29.1 Å². The number of aromatic carboxylic acids is 1. The Hall–Kier alpha value is -1.58. The SMILES string of the molecule is CCCCN(CCCC)c1ccncc1C(=O)O. The van der Waals surface area contributed by atoms with Crippen LogP contribution in [0.3, 0.4) is 0 Å². The predicted octanol–water partition coefficient (Wildman–Crippen LogP) is 3.19. The van der Waals surface area contributed by atoms with Gasteiger partial charge in [0, 0.05) is 25.5 Å². The van der Waals surface area contributed by atoms with E-state index in [-0.39, 0.29) is 0 Å². The third-order valence-corrected chi connectivity index (χ3v) is 2.93. The summed E-state index contributed by atoms with van der Waals surface area (Å²) in [4.78, 5) is 17.3. The molecule has 0 spiro atoms. The minimum Gasteiger partial charge on any atom is -0.478 e. The van der Waals surface area contributed by atoms with Crippen LogP contribution < -0.4 is 4.90 Å². The molecule has 18 heavy (non-hydrogen) atoms. The van der Waals surface area contributed by atoms with Crippen molar-refractivity contribution in [2.24, 2.45) is 0 Å². The van der Waals surface area contributed by atoms with Gasteiger partial charge in [0.15, 0.2) is 0 Å². The number of rotatable bonds is 8. The molecule has 100 valence electrons. The van der Waals surface area contributed by atoms with Gasteiger partial charge in [-0.2, -0.15) is 0 Å². The summed E-state index contributed by atoms with van der Waals surface area (Å²) in [5, 5.41) is 9.20. The number of aromatic nitrogens is 1. The van der Waals surface area contributed by atoms with E-state index < -0.39 is 5.97 Å². The highest BCUT2D eigenvalue weighted by Crippen LogP contribution is 2.20. The minimum atomic E-state index is -0.906. The number of nitrogens with zero attached hydrogens (tertiary/aromatic N) is 2. The number of anilines is 1. The van der Waals surface area contributed by atoms with Gasteiger partial charge in [0.1, 0.15) is 5.56 Å². The van der Waals surface area contributed by atoms with E-state index >= 15 is 0 Å². The standard InChI is InChI=1S/C14H22N2O2/c1-3-5-9-16(10-6-4-2)13-7-8-15-11-12(13)14(17)18/h7-8,11H,3-6,9-10H2,1-2H3,(H,17,18). The highest BCUT2D eigenvalue weighted by atomic mass is 16.4. The van der Waals surface area contributed by atoms with Crippen LogP contribution in [0.1, 0.15) is 49.9 Å². The fraction of sp³-hybridized carbons (Fsp3) is 0.571. The summed E-state index contributed by atoms with van der Waals surface area (Å²) < 4.78 is 0. The van der Waals surface area contributed by atoms with Gasteiger partial charge >= 0.3 is 5.97 Å². The number of hydrogen-bond acceptors (Lipinski definition) is 3. The summed E-state index contributed by atoms with van der Waals surface area (Å²) in [6, 6.07) is 1.80. The van der Waals surface area contributed by atoms with Crippen LogP contribution in [0.5, 0.6) is 0 Å². The smallest absolute Gasteiger partial charge is 0.339 e. The molecule has 4 nitrogen and oxygen atoms in total. The van der Waals surface area contributed by atoms with Crippen LogP contribution in [0.25, 0.3) is 0 Å². The Bertz CT molecular complexity index is 372. The van der Waals surface area contributed by atoms with Crippen LogP contribution in [0.4, 0.5) is 5.69 Å². The van der Waals surface area contributed by atoms with Crippen molar-refractivity contribution >= 4 is 11.7 Å². The molecule has 1 rings (SSSR count). The van der Waals surface area contributed by atoms with Crippen molar-refractivity contribution < 1.29 is 9.90 Å². The van der Waals surface area contributed by atoms with Crippen molar-refractivity contribution in [2.75, 3.05) is 18.0 Å². The highest BCUT2D eigenvalue weighted by Gasteiger charge is 2.15. The normalized spacial score (nSPS) is 10.3. The lowest BCUT2D eigenvalue weighted by molar-refractivity contribution is 0.0697. The first-order valence-corrected chi connectivity index (χ1v) is 6.63. The molecule has 0 aliphatic rings. The molecule has 0 saturated carbocycles. The Morgan fingerprint density at radius 3 is 2.39 bits per heavy atom. The topological polar surface area (TPSA) is 53.4 Å². The molecule has 0 fully saturated rings. The summed E-state index contributed by atoms with van der Waals surface area (Å²) in [7, 11) is 0. The molecule has 1 N–H and O–H groups in total. The van der Waals surface area contributed by atoms with Gasteiger partial charge in [0.25, 0.3) is 0 Å². The fourth-order valence-electron chi connectivity index (χ4n) is 1.88. The second kappa shape index (κ2) is 7.69. The van der Waals surface area contributed by atoms with Gasteiger partial charge in [-0.05, 0) is 18.9 Å². The van der Waals surface area contributed by atoms with E-state index in [9.17, 15) is 9.90 Å². The second-order valence-electron chi connectivity index (χ2n) is 4.39.